The Balaban J connectivity index is 1.70. The average Bonchev–Trinajstić information content (AvgIpc) is 2.95. The van der Waals surface area contributed by atoms with Gasteiger partial charge in [-0.15, -0.1) is 0 Å². The van der Waals surface area contributed by atoms with Crippen molar-refractivity contribution in [1.29, 1.82) is 0 Å². The number of aromatic hydroxyl groups is 1. The molecule has 27 heavy (non-hydrogen) atoms. The third kappa shape index (κ3) is 3.62. The first kappa shape index (κ1) is 19.2. The lowest BCUT2D eigenvalue weighted by Gasteiger charge is -2.38. The number of anilines is 1. The van der Waals surface area contributed by atoms with Crippen molar-refractivity contribution in [3.05, 3.63) is 46.8 Å². The molecule has 6 heteroatoms. The number of hydrogen-bond donors (Lipinski definition) is 2. The highest BCUT2D eigenvalue weighted by Crippen LogP contribution is 2.28. The number of rotatable bonds is 5. The third-order valence-corrected chi connectivity index (χ3v) is 5.50. The van der Waals surface area contributed by atoms with Crippen LogP contribution >= 0.6 is 0 Å². The molecule has 1 aliphatic rings. The fraction of sp³-hybridized carbons (Fsp3) is 0.429. The number of carbonyl (C=O) groups is 2. The first-order valence-electron chi connectivity index (χ1n) is 9.32. The van der Waals surface area contributed by atoms with Crippen LogP contribution in [0.25, 0.3) is 0 Å². The van der Waals surface area contributed by atoms with E-state index in [0.717, 1.165) is 43.1 Å². The van der Waals surface area contributed by atoms with Crippen LogP contribution in [0, 0.1) is 13.8 Å². The molecule has 0 spiro atoms. The van der Waals surface area contributed by atoms with E-state index in [1.165, 1.54) is 6.92 Å². The number of ketones is 2. The van der Waals surface area contributed by atoms with Gasteiger partial charge < -0.3 is 15.0 Å². The third-order valence-electron chi connectivity index (χ3n) is 5.50. The highest BCUT2D eigenvalue weighted by molar-refractivity contribution is 6.05. The molecule has 1 aromatic carbocycles. The van der Waals surface area contributed by atoms with Gasteiger partial charge >= 0.3 is 0 Å². The summed E-state index contributed by atoms with van der Waals surface area (Å²) in [7, 11) is 0. The number of aromatic nitrogens is 1. The second-order valence-corrected chi connectivity index (χ2v) is 7.23. The van der Waals surface area contributed by atoms with Gasteiger partial charge in [0.2, 0.25) is 0 Å². The number of H-pyrrole nitrogens is 1. The van der Waals surface area contributed by atoms with Crippen molar-refractivity contribution in [2.24, 2.45) is 0 Å². The largest absolute Gasteiger partial charge is 0.506 e. The minimum absolute atomic E-state index is 0.0131. The van der Waals surface area contributed by atoms with Crippen molar-refractivity contribution in [1.82, 2.24) is 9.88 Å². The van der Waals surface area contributed by atoms with E-state index in [4.69, 9.17) is 0 Å². The number of nitrogens with zero attached hydrogens (tertiary/aromatic N) is 2. The van der Waals surface area contributed by atoms with Gasteiger partial charge in [0.05, 0.1) is 17.4 Å². The van der Waals surface area contributed by atoms with Gasteiger partial charge in [-0.25, -0.2) is 0 Å². The van der Waals surface area contributed by atoms with E-state index in [0.29, 0.717) is 11.3 Å². The Kier molecular flexibility index (Phi) is 5.37. The zero-order valence-electron chi connectivity index (χ0n) is 16.4. The van der Waals surface area contributed by atoms with Crippen LogP contribution in [0.2, 0.25) is 0 Å². The summed E-state index contributed by atoms with van der Waals surface area (Å²) in [6.07, 6.45) is 0. The van der Waals surface area contributed by atoms with Crippen LogP contribution < -0.4 is 4.90 Å². The van der Waals surface area contributed by atoms with Crippen LogP contribution in [0.1, 0.15) is 46.0 Å². The Hall–Kier alpha value is -2.60. The Morgan fingerprint density at radius 1 is 1.11 bits per heavy atom. The van der Waals surface area contributed by atoms with Crippen molar-refractivity contribution in [3.63, 3.8) is 0 Å². The summed E-state index contributed by atoms with van der Waals surface area (Å²) < 4.78 is 0. The van der Waals surface area contributed by atoms with Gasteiger partial charge in [-0.3, -0.25) is 14.5 Å². The summed E-state index contributed by atoms with van der Waals surface area (Å²) in [5.74, 6) is 0.271. The SMILES string of the molecule is CC(=O)c1c(C)[nH]c(C(=O)[C@H](C)N2CCN(c3ccccc3O)CC2)c1C. The van der Waals surface area contributed by atoms with E-state index < -0.39 is 0 Å². The maximum absolute atomic E-state index is 13.0. The molecule has 3 rings (SSSR count). The van der Waals surface area contributed by atoms with Gasteiger partial charge in [-0.2, -0.15) is 0 Å². The normalized spacial score (nSPS) is 16.4. The summed E-state index contributed by atoms with van der Waals surface area (Å²) in [6, 6.07) is 7.06. The Labute approximate surface area is 159 Å². The molecule has 144 valence electrons. The molecular weight excluding hydrogens is 342 g/mol. The lowest BCUT2D eigenvalue weighted by atomic mass is 10.0. The predicted molar refractivity (Wildman–Crippen MR) is 106 cm³/mol. The van der Waals surface area contributed by atoms with Crippen LogP contribution in [0.5, 0.6) is 5.75 Å². The molecule has 2 N–H and O–H groups in total. The average molecular weight is 369 g/mol. The fourth-order valence-electron chi connectivity index (χ4n) is 3.98. The minimum atomic E-state index is -0.270. The summed E-state index contributed by atoms with van der Waals surface area (Å²) >= 11 is 0. The Morgan fingerprint density at radius 2 is 1.74 bits per heavy atom. The zero-order valence-corrected chi connectivity index (χ0v) is 16.4. The number of para-hydroxylation sites is 2. The number of carbonyl (C=O) groups excluding carboxylic acids is 2. The molecule has 0 saturated carbocycles. The van der Waals surface area contributed by atoms with Gasteiger partial charge in [0.15, 0.2) is 11.6 Å². The molecule has 0 bridgehead atoms. The van der Waals surface area contributed by atoms with Gasteiger partial charge in [-0.05, 0) is 45.4 Å². The van der Waals surface area contributed by atoms with Crippen LogP contribution in [0.3, 0.4) is 0 Å². The molecule has 6 nitrogen and oxygen atoms in total. The number of phenols is 1. The van der Waals surface area contributed by atoms with Gasteiger partial charge in [0, 0.05) is 37.4 Å². The molecule has 1 fully saturated rings. The van der Waals surface area contributed by atoms with Crippen LogP contribution in [-0.4, -0.2) is 58.8 Å². The van der Waals surface area contributed by atoms with Gasteiger partial charge in [0.1, 0.15) is 5.75 Å². The van der Waals surface area contributed by atoms with E-state index >= 15 is 0 Å². The molecule has 0 amide bonds. The standard InChI is InChI=1S/C21H27N3O3/c1-13-19(16(4)25)14(2)22-20(13)21(27)15(3)23-9-11-24(12-10-23)17-7-5-6-8-18(17)26/h5-8,15,22,26H,9-12H2,1-4H3/t15-/m0/s1. The molecule has 1 aliphatic heterocycles. The quantitative estimate of drug-likeness (QED) is 0.793. The van der Waals surface area contributed by atoms with Crippen molar-refractivity contribution in [2.45, 2.75) is 33.7 Å². The van der Waals surface area contributed by atoms with Crippen LogP contribution in [-0.2, 0) is 0 Å². The fourth-order valence-corrected chi connectivity index (χ4v) is 3.98. The first-order valence-corrected chi connectivity index (χ1v) is 9.32. The van der Waals surface area contributed by atoms with E-state index in [1.54, 1.807) is 6.07 Å². The number of Topliss-reactive ketones (excluding diaryl/α,β-unsaturated/α-hetero) is 2. The number of hydrogen-bond acceptors (Lipinski definition) is 5. The number of aryl methyl sites for hydroxylation is 1. The molecular formula is C21H27N3O3. The highest BCUT2D eigenvalue weighted by Gasteiger charge is 2.30. The maximum Gasteiger partial charge on any atom is 0.196 e. The minimum Gasteiger partial charge on any atom is -0.506 e. The number of aromatic amines is 1. The van der Waals surface area contributed by atoms with E-state index in [2.05, 4.69) is 14.8 Å². The molecule has 1 saturated heterocycles. The van der Waals surface area contributed by atoms with Crippen molar-refractivity contribution < 1.29 is 14.7 Å². The van der Waals surface area contributed by atoms with Crippen LogP contribution in [0.15, 0.2) is 24.3 Å². The smallest absolute Gasteiger partial charge is 0.196 e. The predicted octanol–water partition coefficient (Wildman–Crippen LogP) is 2.93. The monoisotopic (exact) mass is 369 g/mol. The molecule has 0 radical (unpaired) electrons. The van der Waals surface area contributed by atoms with Crippen molar-refractivity contribution >= 4 is 17.3 Å². The highest BCUT2D eigenvalue weighted by atomic mass is 16.3. The molecule has 0 unspecified atom stereocenters. The lowest BCUT2D eigenvalue weighted by Crippen LogP contribution is -2.51. The zero-order chi connectivity index (χ0) is 19.7. The van der Waals surface area contributed by atoms with E-state index in [1.807, 2.05) is 39.0 Å². The number of nitrogens with one attached hydrogen (secondary N) is 1. The van der Waals surface area contributed by atoms with Gasteiger partial charge in [0.25, 0.3) is 0 Å². The van der Waals surface area contributed by atoms with Crippen molar-refractivity contribution in [2.75, 3.05) is 31.1 Å². The maximum atomic E-state index is 13.0. The topological polar surface area (TPSA) is 76.6 Å². The van der Waals surface area contributed by atoms with Crippen LogP contribution in [0.4, 0.5) is 5.69 Å². The summed E-state index contributed by atoms with van der Waals surface area (Å²) in [5.41, 5.74) is 3.48. The first-order chi connectivity index (χ1) is 12.8. The summed E-state index contributed by atoms with van der Waals surface area (Å²) in [4.78, 5) is 32.3. The van der Waals surface area contributed by atoms with Crippen molar-refractivity contribution in [3.8, 4) is 5.75 Å². The second kappa shape index (κ2) is 7.56. The van der Waals surface area contributed by atoms with E-state index in [9.17, 15) is 14.7 Å². The Morgan fingerprint density at radius 3 is 2.30 bits per heavy atom. The summed E-state index contributed by atoms with van der Waals surface area (Å²) in [6.45, 7) is 10.1. The molecule has 1 atom stereocenters. The van der Waals surface area contributed by atoms with E-state index in [-0.39, 0.29) is 23.4 Å². The van der Waals surface area contributed by atoms with Gasteiger partial charge in [-0.1, -0.05) is 12.1 Å². The molecule has 1 aromatic heterocycles. The number of benzene rings is 1. The Bertz CT molecular complexity index is 864. The molecule has 2 aromatic rings. The second-order valence-electron chi connectivity index (χ2n) is 7.23. The lowest BCUT2D eigenvalue weighted by molar-refractivity contribution is 0.0824. The summed E-state index contributed by atoms with van der Waals surface area (Å²) in [5, 5.41) is 10.0. The molecule has 2 heterocycles. The molecule has 0 aliphatic carbocycles. The number of piperazine rings is 1. The number of phenolic OH excluding ortho intramolecular Hbond substituents is 1.